The summed E-state index contributed by atoms with van der Waals surface area (Å²) in [6.45, 7) is 6.21. The Balaban J connectivity index is 1.88. The first-order valence-corrected chi connectivity index (χ1v) is 8.08. The van der Waals surface area contributed by atoms with Gasteiger partial charge in [-0.25, -0.2) is 4.98 Å². The molecule has 0 radical (unpaired) electrons. The van der Waals surface area contributed by atoms with Crippen molar-refractivity contribution in [3.8, 4) is 22.8 Å². The number of hydrogen-bond donors (Lipinski definition) is 1. The molecule has 0 atom stereocenters. The van der Waals surface area contributed by atoms with Gasteiger partial charge in [-0.2, -0.15) is 0 Å². The second-order valence-corrected chi connectivity index (χ2v) is 5.93. The SMILES string of the molecule is CNc1ccc(Oc2ccc(-c3ccccc3C)c(C)c2)nc1C. The summed E-state index contributed by atoms with van der Waals surface area (Å²) < 4.78 is 5.92. The Labute approximate surface area is 143 Å². The highest BCUT2D eigenvalue weighted by Gasteiger charge is 2.08. The normalized spacial score (nSPS) is 10.5. The lowest BCUT2D eigenvalue weighted by atomic mass is 9.97. The number of ether oxygens (including phenoxy) is 1. The Hall–Kier alpha value is -2.81. The second-order valence-electron chi connectivity index (χ2n) is 5.93. The summed E-state index contributed by atoms with van der Waals surface area (Å²) in [6, 6.07) is 18.4. The van der Waals surface area contributed by atoms with Crippen LogP contribution in [0.15, 0.2) is 54.6 Å². The summed E-state index contributed by atoms with van der Waals surface area (Å²) in [5.74, 6) is 1.41. The van der Waals surface area contributed by atoms with Gasteiger partial charge in [0.25, 0.3) is 0 Å². The first-order valence-electron chi connectivity index (χ1n) is 8.08. The molecule has 1 heterocycles. The molecule has 0 saturated carbocycles. The lowest BCUT2D eigenvalue weighted by Gasteiger charge is -2.12. The molecule has 24 heavy (non-hydrogen) atoms. The van der Waals surface area contributed by atoms with Crippen LogP contribution in [0.4, 0.5) is 5.69 Å². The quantitative estimate of drug-likeness (QED) is 0.689. The first-order chi connectivity index (χ1) is 11.6. The van der Waals surface area contributed by atoms with Crippen molar-refractivity contribution in [3.05, 3.63) is 71.4 Å². The molecule has 0 aliphatic carbocycles. The monoisotopic (exact) mass is 318 g/mol. The van der Waals surface area contributed by atoms with Crippen LogP contribution in [0.5, 0.6) is 11.6 Å². The molecule has 1 N–H and O–H groups in total. The van der Waals surface area contributed by atoms with Crippen molar-refractivity contribution in [1.82, 2.24) is 4.98 Å². The Morgan fingerprint density at radius 3 is 2.25 bits per heavy atom. The van der Waals surface area contributed by atoms with E-state index in [4.69, 9.17) is 4.74 Å². The van der Waals surface area contributed by atoms with Gasteiger partial charge in [0.05, 0.1) is 11.4 Å². The fraction of sp³-hybridized carbons (Fsp3) is 0.190. The predicted molar refractivity (Wildman–Crippen MR) is 99.9 cm³/mol. The Kier molecular flexibility index (Phi) is 4.52. The molecule has 3 aromatic rings. The van der Waals surface area contributed by atoms with Crippen molar-refractivity contribution < 1.29 is 4.74 Å². The average molecular weight is 318 g/mol. The summed E-state index contributed by atoms with van der Waals surface area (Å²) in [5, 5.41) is 3.11. The molecule has 3 heteroatoms. The van der Waals surface area contributed by atoms with Crippen LogP contribution in [0.1, 0.15) is 16.8 Å². The van der Waals surface area contributed by atoms with Crippen LogP contribution in [0, 0.1) is 20.8 Å². The Bertz CT molecular complexity index is 871. The molecule has 2 aromatic carbocycles. The van der Waals surface area contributed by atoms with E-state index in [2.05, 4.69) is 60.5 Å². The van der Waals surface area contributed by atoms with Crippen LogP contribution < -0.4 is 10.1 Å². The third kappa shape index (κ3) is 3.25. The molecule has 0 amide bonds. The lowest BCUT2D eigenvalue weighted by molar-refractivity contribution is 0.461. The minimum atomic E-state index is 0.606. The van der Waals surface area contributed by atoms with Crippen LogP contribution in [0.3, 0.4) is 0 Å². The van der Waals surface area contributed by atoms with Gasteiger partial charge in [-0.05, 0) is 61.2 Å². The standard InChI is InChI=1S/C21H22N2O/c1-14-7-5-6-8-18(14)19-10-9-17(13-15(19)2)24-21-12-11-20(22-4)16(3)23-21/h5-13,22H,1-4H3. The van der Waals surface area contributed by atoms with Crippen LogP contribution in [-0.4, -0.2) is 12.0 Å². The smallest absolute Gasteiger partial charge is 0.219 e. The number of pyridine rings is 1. The molecule has 0 spiro atoms. The molecular formula is C21H22N2O. The number of aryl methyl sites for hydroxylation is 3. The van der Waals surface area contributed by atoms with Crippen LogP contribution in [0.25, 0.3) is 11.1 Å². The van der Waals surface area contributed by atoms with Crippen LogP contribution in [-0.2, 0) is 0 Å². The molecule has 0 aliphatic rings. The molecule has 122 valence electrons. The van der Waals surface area contributed by atoms with Gasteiger partial charge < -0.3 is 10.1 Å². The van der Waals surface area contributed by atoms with E-state index in [1.807, 2.05) is 32.2 Å². The predicted octanol–water partition coefficient (Wildman–Crippen LogP) is 5.51. The maximum absolute atomic E-state index is 5.92. The molecule has 0 saturated heterocycles. The van der Waals surface area contributed by atoms with Crippen molar-refractivity contribution in [3.63, 3.8) is 0 Å². The molecular weight excluding hydrogens is 296 g/mol. The van der Waals surface area contributed by atoms with Crippen molar-refractivity contribution in [1.29, 1.82) is 0 Å². The summed E-state index contributed by atoms with van der Waals surface area (Å²) in [6.07, 6.45) is 0. The number of nitrogens with one attached hydrogen (secondary N) is 1. The van der Waals surface area contributed by atoms with Gasteiger partial charge in [-0.15, -0.1) is 0 Å². The maximum atomic E-state index is 5.92. The van der Waals surface area contributed by atoms with Gasteiger partial charge >= 0.3 is 0 Å². The highest BCUT2D eigenvalue weighted by Crippen LogP contribution is 2.31. The van der Waals surface area contributed by atoms with Gasteiger partial charge in [0.1, 0.15) is 5.75 Å². The Morgan fingerprint density at radius 1 is 0.833 bits per heavy atom. The van der Waals surface area contributed by atoms with E-state index >= 15 is 0 Å². The topological polar surface area (TPSA) is 34.1 Å². The number of anilines is 1. The van der Waals surface area contributed by atoms with E-state index in [-0.39, 0.29) is 0 Å². The summed E-state index contributed by atoms with van der Waals surface area (Å²) in [5.41, 5.74) is 6.88. The van der Waals surface area contributed by atoms with Gasteiger partial charge in [0, 0.05) is 13.1 Å². The molecule has 3 nitrogen and oxygen atoms in total. The minimum absolute atomic E-state index is 0.606. The highest BCUT2D eigenvalue weighted by atomic mass is 16.5. The number of aromatic nitrogens is 1. The van der Waals surface area contributed by atoms with Crippen molar-refractivity contribution in [2.75, 3.05) is 12.4 Å². The van der Waals surface area contributed by atoms with Crippen molar-refractivity contribution in [2.24, 2.45) is 0 Å². The van der Waals surface area contributed by atoms with Gasteiger partial charge in [0.15, 0.2) is 0 Å². The molecule has 0 aliphatic heterocycles. The summed E-state index contributed by atoms with van der Waals surface area (Å²) in [7, 11) is 1.89. The fourth-order valence-electron chi connectivity index (χ4n) is 2.86. The van der Waals surface area contributed by atoms with E-state index < -0.39 is 0 Å². The lowest BCUT2D eigenvalue weighted by Crippen LogP contribution is -1.96. The first kappa shape index (κ1) is 16.1. The fourth-order valence-corrected chi connectivity index (χ4v) is 2.86. The van der Waals surface area contributed by atoms with E-state index in [0.29, 0.717) is 5.88 Å². The van der Waals surface area contributed by atoms with Crippen molar-refractivity contribution >= 4 is 5.69 Å². The highest BCUT2D eigenvalue weighted by molar-refractivity contribution is 5.71. The van der Waals surface area contributed by atoms with E-state index in [9.17, 15) is 0 Å². The van der Waals surface area contributed by atoms with E-state index in [1.54, 1.807) is 0 Å². The molecule has 3 rings (SSSR count). The van der Waals surface area contributed by atoms with Gasteiger partial charge in [-0.3, -0.25) is 0 Å². The number of benzene rings is 2. The minimum Gasteiger partial charge on any atom is -0.439 e. The molecule has 0 bridgehead atoms. The van der Waals surface area contributed by atoms with Crippen LogP contribution >= 0.6 is 0 Å². The van der Waals surface area contributed by atoms with E-state index in [1.165, 1.54) is 22.3 Å². The van der Waals surface area contributed by atoms with Gasteiger partial charge in [0.2, 0.25) is 5.88 Å². The van der Waals surface area contributed by atoms with Gasteiger partial charge in [-0.1, -0.05) is 30.3 Å². The average Bonchev–Trinajstić information content (AvgIpc) is 2.56. The molecule has 1 aromatic heterocycles. The number of hydrogen-bond acceptors (Lipinski definition) is 3. The van der Waals surface area contributed by atoms with E-state index in [0.717, 1.165) is 17.1 Å². The zero-order valence-electron chi connectivity index (χ0n) is 14.6. The third-order valence-electron chi connectivity index (χ3n) is 4.19. The van der Waals surface area contributed by atoms with Crippen molar-refractivity contribution in [2.45, 2.75) is 20.8 Å². The number of nitrogens with zero attached hydrogens (tertiary/aromatic N) is 1. The largest absolute Gasteiger partial charge is 0.439 e. The van der Waals surface area contributed by atoms with Crippen LogP contribution in [0.2, 0.25) is 0 Å². The zero-order chi connectivity index (χ0) is 17.1. The zero-order valence-corrected chi connectivity index (χ0v) is 14.6. The molecule has 0 unspecified atom stereocenters. The summed E-state index contributed by atoms with van der Waals surface area (Å²) in [4.78, 5) is 4.48. The Morgan fingerprint density at radius 2 is 1.58 bits per heavy atom. The number of rotatable bonds is 4. The molecule has 0 fully saturated rings. The second kappa shape index (κ2) is 6.75. The third-order valence-corrected chi connectivity index (χ3v) is 4.19. The maximum Gasteiger partial charge on any atom is 0.219 e. The summed E-state index contributed by atoms with van der Waals surface area (Å²) >= 11 is 0.